The van der Waals surface area contributed by atoms with Crippen LogP contribution in [-0.4, -0.2) is 90.2 Å². The van der Waals surface area contributed by atoms with E-state index in [0.29, 0.717) is 31.7 Å². The van der Waals surface area contributed by atoms with Crippen LogP contribution in [0.2, 0.25) is 5.02 Å². The topological polar surface area (TPSA) is 88.8 Å². The minimum atomic E-state index is -1.01. The first-order valence-corrected chi connectivity index (χ1v) is 15.8. The highest BCUT2D eigenvalue weighted by Gasteiger charge is 2.36. The molecule has 1 aromatic carbocycles. The van der Waals surface area contributed by atoms with Crippen molar-refractivity contribution in [1.29, 1.82) is 5.26 Å². The van der Waals surface area contributed by atoms with Gasteiger partial charge in [-0.2, -0.15) is 15.2 Å². The number of likely N-dealkylation sites (tertiary alicyclic amines) is 1. The van der Waals surface area contributed by atoms with Crippen LogP contribution >= 0.6 is 11.6 Å². The van der Waals surface area contributed by atoms with Crippen LogP contribution in [0.5, 0.6) is 6.01 Å². The zero-order chi connectivity index (χ0) is 30.1. The van der Waals surface area contributed by atoms with Crippen LogP contribution in [0.15, 0.2) is 30.6 Å². The Morgan fingerprint density at radius 3 is 2.79 bits per heavy atom. The van der Waals surface area contributed by atoms with Crippen LogP contribution < -0.4 is 14.5 Å². The molecule has 0 radical (unpaired) electrons. The molecule has 0 bridgehead atoms. The van der Waals surface area contributed by atoms with E-state index in [1.807, 2.05) is 12.1 Å². The Bertz CT molecular complexity index is 1430. The van der Waals surface area contributed by atoms with Gasteiger partial charge in [0.2, 0.25) is 0 Å². The monoisotopic (exact) mass is 607 g/mol. The number of halogens is 2. The molecule has 0 N–H and O–H groups in total. The number of nitriles is 1. The summed E-state index contributed by atoms with van der Waals surface area (Å²) < 4.78 is 20.1. The molecule has 228 valence electrons. The molecule has 3 atom stereocenters. The van der Waals surface area contributed by atoms with E-state index in [-0.39, 0.29) is 19.0 Å². The number of piperazine rings is 1. The molecule has 0 spiro atoms. The molecule has 9 nitrogen and oxygen atoms in total. The third-order valence-corrected chi connectivity index (χ3v) is 9.83. The summed E-state index contributed by atoms with van der Waals surface area (Å²) in [4.78, 5) is 30.8. The van der Waals surface area contributed by atoms with Crippen LogP contribution in [0.1, 0.15) is 48.9 Å². The number of benzene rings is 1. The summed E-state index contributed by atoms with van der Waals surface area (Å²) in [5.74, 6) is -0.962. The third-order valence-electron chi connectivity index (χ3n) is 9.53. The van der Waals surface area contributed by atoms with Crippen molar-refractivity contribution in [1.82, 2.24) is 19.8 Å². The number of carbonyl (C=O) groups excluding carboxylic acids is 1. The lowest BCUT2D eigenvalue weighted by Crippen LogP contribution is -2.55. The lowest BCUT2D eigenvalue weighted by molar-refractivity contribution is -0.131. The number of likely N-dealkylation sites (N-methyl/N-ethyl adjacent to an activating group) is 1. The van der Waals surface area contributed by atoms with Crippen molar-refractivity contribution in [3.05, 3.63) is 52.4 Å². The van der Waals surface area contributed by atoms with Crippen molar-refractivity contribution in [3.63, 3.8) is 0 Å². The Morgan fingerprint density at radius 2 is 2.02 bits per heavy atom. The summed E-state index contributed by atoms with van der Waals surface area (Å²) in [6.45, 7) is 6.84. The van der Waals surface area contributed by atoms with Crippen molar-refractivity contribution < 1.29 is 13.9 Å². The van der Waals surface area contributed by atoms with Gasteiger partial charge in [-0.1, -0.05) is 30.3 Å². The molecule has 2 fully saturated rings. The summed E-state index contributed by atoms with van der Waals surface area (Å²) in [5, 5.41) is 10.3. The highest BCUT2D eigenvalue weighted by Crippen LogP contribution is 2.40. The molecule has 1 aliphatic carbocycles. The molecule has 11 heteroatoms. The molecule has 1 amide bonds. The van der Waals surface area contributed by atoms with Crippen molar-refractivity contribution >= 4 is 29.0 Å². The Kier molecular flexibility index (Phi) is 8.73. The predicted octanol–water partition coefficient (Wildman–Crippen LogP) is 4.33. The Labute approximate surface area is 257 Å². The SMILES string of the molecule is C=C(F)C(=O)N1CCN(c2nc(OC[C@@H]3CCCN3C)nc3c2CC[C@H](N2CCCc4cccc(Cl)c42)C3)C[C@@H]1CC#N. The van der Waals surface area contributed by atoms with Crippen molar-refractivity contribution in [3.8, 4) is 12.1 Å². The van der Waals surface area contributed by atoms with Gasteiger partial charge < -0.3 is 24.3 Å². The van der Waals surface area contributed by atoms with Gasteiger partial charge in [-0.25, -0.2) is 4.39 Å². The summed E-state index contributed by atoms with van der Waals surface area (Å²) in [6, 6.07) is 8.81. The number of amides is 1. The van der Waals surface area contributed by atoms with Crippen molar-refractivity contribution in [2.24, 2.45) is 0 Å². The number of aryl methyl sites for hydroxylation is 1. The number of aromatic nitrogens is 2. The maximum absolute atomic E-state index is 13.8. The average Bonchev–Trinajstić information content (AvgIpc) is 3.43. The van der Waals surface area contributed by atoms with E-state index in [4.69, 9.17) is 26.3 Å². The number of nitrogens with zero attached hydrogens (tertiary/aromatic N) is 7. The lowest BCUT2D eigenvalue weighted by atomic mass is 9.88. The number of ether oxygens (including phenoxy) is 1. The molecule has 0 saturated carbocycles. The molecule has 0 unspecified atom stereocenters. The molecule has 4 heterocycles. The van der Waals surface area contributed by atoms with Crippen molar-refractivity contribution in [2.75, 3.05) is 56.2 Å². The second kappa shape index (κ2) is 12.7. The molecule has 2 aromatic rings. The van der Waals surface area contributed by atoms with Crippen LogP contribution in [-0.2, 0) is 24.1 Å². The van der Waals surface area contributed by atoms with Crippen molar-refractivity contribution in [2.45, 2.75) is 69.5 Å². The van der Waals surface area contributed by atoms with Gasteiger partial charge in [-0.05, 0) is 63.7 Å². The highest BCUT2D eigenvalue weighted by atomic mass is 35.5. The van der Waals surface area contributed by atoms with E-state index >= 15 is 0 Å². The summed E-state index contributed by atoms with van der Waals surface area (Å²) in [7, 11) is 2.12. The van der Waals surface area contributed by atoms with Gasteiger partial charge in [0.05, 0.1) is 34.9 Å². The number of para-hydroxylation sites is 1. The van der Waals surface area contributed by atoms with Gasteiger partial charge in [-0.3, -0.25) is 4.79 Å². The Balaban J connectivity index is 1.30. The van der Waals surface area contributed by atoms with E-state index in [1.54, 1.807) is 0 Å². The summed E-state index contributed by atoms with van der Waals surface area (Å²) in [6.07, 6.45) is 6.92. The molecule has 43 heavy (non-hydrogen) atoms. The minimum Gasteiger partial charge on any atom is -0.462 e. The first-order chi connectivity index (χ1) is 20.8. The zero-order valence-corrected chi connectivity index (χ0v) is 25.5. The third kappa shape index (κ3) is 6.02. The van der Waals surface area contributed by atoms with E-state index in [1.165, 1.54) is 10.5 Å². The quantitative estimate of drug-likeness (QED) is 0.430. The first kappa shape index (κ1) is 29.6. The summed E-state index contributed by atoms with van der Waals surface area (Å²) in [5.41, 5.74) is 4.50. The fourth-order valence-electron chi connectivity index (χ4n) is 7.26. The molecule has 4 aliphatic rings. The van der Waals surface area contributed by atoms with Crippen LogP contribution in [0.3, 0.4) is 0 Å². The second-order valence-corrected chi connectivity index (χ2v) is 12.6. The Morgan fingerprint density at radius 1 is 1.16 bits per heavy atom. The number of hydrogen-bond donors (Lipinski definition) is 0. The smallest absolute Gasteiger partial charge is 0.318 e. The van der Waals surface area contributed by atoms with Gasteiger partial charge in [0, 0.05) is 50.2 Å². The van der Waals surface area contributed by atoms with Gasteiger partial charge in [0.25, 0.3) is 5.91 Å². The number of carbonyl (C=O) groups is 1. The van der Waals surface area contributed by atoms with Crippen LogP contribution in [0.25, 0.3) is 0 Å². The summed E-state index contributed by atoms with van der Waals surface area (Å²) >= 11 is 6.74. The fraction of sp³-hybridized carbons (Fsp3) is 0.562. The van der Waals surface area contributed by atoms with E-state index in [2.05, 4.69) is 40.5 Å². The number of anilines is 2. The molecule has 3 aliphatic heterocycles. The van der Waals surface area contributed by atoms with Gasteiger partial charge in [0.1, 0.15) is 12.4 Å². The van der Waals surface area contributed by atoms with Gasteiger partial charge in [-0.15, -0.1) is 0 Å². The second-order valence-electron chi connectivity index (χ2n) is 12.1. The number of hydrogen-bond acceptors (Lipinski definition) is 8. The molecule has 1 aromatic heterocycles. The molecular formula is C32H39ClFN7O2. The molecule has 2 saturated heterocycles. The van der Waals surface area contributed by atoms with E-state index < -0.39 is 17.8 Å². The average molecular weight is 608 g/mol. The number of fused-ring (bicyclic) bond motifs is 2. The predicted molar refractivity (Wildman–Crippen MR) is 164 cm³/mol. The highest BCUT2D eigenvalue weighted by molar-refractivity contribution is 6.33. The van der Waals surface area contributed by atoms with E-state index in [9.17, 15) is 14.4 Å². The maximum Gasteiger partial charge on any atom is 0.318 e. The Hall–Kier alpha value is -3.42. The molecule has 6 rings (SSSR count). The normalized spacial score (nSPS) is 23.9. The van der Waals surface area contributed by atoms with Gasteiger partial charge in [0.15, 0.2) is 5.83 Å². The maximum atomic E-state index is 13.8. The lowest BCUT2D eigenvalue weighted by Gasteiger charge is -2.43. The standard InChI is InChI=1S/C32H39ClFN7O2/c1-21(34)31(42)41-17-16-39(19-24(41)12-13-35)30-26-11-10-23(40-15-4-7-22-6-3-9-27(33)29(22)40)18-28(26)36-32(37-30)43-20-25-8-5-14-38(25)2/h3,6,9,23-25H,1,4-5,7-8,10-12,14-20H2,2H3/t23-,24-,25-/m0/s1. The largest absolute Gasteiger partial charge is 0.462 e. The number of rotatable bonds is 7. The fourth-order valence-corrected chi connectivity index (χ4v) is 7.56. The zero-order valence-electron chi connectivity index (χ0n) is 24.8. The molecular weight excluding hydrogens is 569 g/mol. The van der Waals surface area contributed by atoms with Crippen LogP contribution in [0.4, 0.5) is 15.9 Å². The van der Waals surface area contributed by atoms with Crippen LogP contribution in [0, 0.1) is 11.3 Å². The van der Waals surface area contributed by atoms with Gasteiger partial charge >= 0.3 is 6.01 Å². The van der Waals surface area contributed by atoms with E-state index in [0.717, 1.165) is 85.8 Å². The minimum absolute atomic E-state index is 0.0946. The first-order valence-electron chi connectivity index (χ1n) is 15.4.